The van der Waals surface area contributed by atoms with Crippen LogP contribution in [0.2, 0.25) is 0 Å². The van der Waals surface area contributed by atoms with Gasteiger partial charge in [0.2, 0.25) is 0 Å². The molecule has 0 spiro atoms. The molecule has 1 aromatic carbocycles. The van der Waals surface area contributed by atoms with Gasteiger partial charge in [-0.3, -0.25) is 0 Å². The van der Waals surface area contributed by atoms with Gasteiger partial charge in [0.1, 0.15) is 0 Å². The first-order valence-corrected chi connectivity index (χ1v) is 4.72. The lowest BCUT2D eigenvalue weighted by Crippen LogP contribution is -2.16. The maximum atomic E-state index is 10.7. The molecule has 0 fully saturated rings. The SMILES string of the molecule is CCc1ccc(C=NNC(=O)OC)cc1. The first-order chi connectivity index (χ1) is 7.26. The van der Waals surface area contributed by atoms with Crippen LogP contribution >= 0.6 is 0 Å². The third-order valence-electron chi connectivity index (χ3n) is 1.94. The number of ether oxygens (including phenoxy) is 1. The quantitative estimate of drug-likeness (QED) is 0.607. The molecule has 1 N–H and O–H groups in total. The monoisotopic (exact) mass is 206 g/mol. The molecule has 0 aliphatic rings. The average molecular weight is 206 g/mol. The molecule has 1 rings (SSSR count). The molecule has 4 nitrogen and oxygen atoms in total. The van der Waals surface area contributed by atoms with Crippen molar-refractivity contribution in [3.05, 3.63) is 35.4 Å². The fourth-order valence-electron chi connectivity index (χ4n) is 1.04. The van der Waals surface area contributed by atoms with Crippen molar-refractivity contribution in [2.45, 2.75) is 13.3 Å². The fourth-order valence-corrected chi connectivity index (χ4v) is 1.04. The lowest BCUT2D eigenvalue weighted by Gasteiger charge is -1.97. The van der Waals surface area contributed by atoms with E-state index in [2.05, 4.69) is 22.2 Å². The molecule has 80 valence electrons. The summed E-state index contributed by atoms with van der Waals surface area (Å²) in [5.74, 6) is 0. The van der Waals surface area contributed by atoms with Gasteiger partial charge in [0, 0.05) is 0 Å². The highest BCUT2D eigenvalue weighted by Crippen LogP contribution is 2.02. The average Bonchev–Trinajstić information content (AvgIpc) is 2.29. The third-order valence-corrected chi connectivity index (χ3v) is 1.94. The maximum Gasteiger partial charge on any atom is 0.427 e. The minimum Gasteiger partial charge on any atom is -0.452 e. The molecule has 1 amide bonds. The smallest absolute Gasteiger partial charge is 0.427 e. The number of methoxy groups -OCH3 is 1. The highest BCUT2D eigenvalue weighted by Gasteiger charge is 1.93. The summed E-state index contributed by atoms with van der Waals surface area (Å²) in [7, 11) is 1.29. The topological polar surface area (TPSA) is 50.7 Å². The summed E-state index contributed by atoms with van der Waals surface area (Å²) in [5, 5.41) is 3.72. The van der Waals surface area contributed by atoms with Gasteiger partial charge in [0.05, 0.1) is 13.3 Å². The summed E-state index contributed by atoms with van der Waals surface area (Å²) >= 11 is 0. The summed E-state index contributed by atoms with van der Waals surface area (Å²) in [6, 6.07) is 7.95. The van der Waals surface area contributed by atoms with Gasteiger partial charge >= 0.3 is 6.09 Å². The van der Waals surface area contributed by atoms with Crippen LogP contribution in [-0.2, 0) is 11.2 Å². The van der Waals surface area contributed by atoms with Crippen LogP contribution < -0.4 is 5.43 Å². The second kappa shape index (κ2) is 5.80. The molecular formula is C11H14N2O2. The molecule has 0 radical (unpaired) electrons. The van der Waals surface area contributed by atoms with E-state index in [1.54, 1.807) is 6.21 Å². The predicted molar refractivity (Wildman–Crippen MR) is 59.0 cm³/mol. The molecule has 0 unspecified atom stereocenters. The van der Waals surface area contributed by atoms with Crippen molar-refractivity contribution in [2.24, 2.45) is 5.10 Å². The zero-order valence-corrected chi connectivity index (χ0v) is 8.86. The van der Waals surface area contributed by atoms with Crippen molar-refractivity contribution in [3.8, 4) is 0 Å². The number of nitrogens with one attached hydrogen (secondary N) is 1. The van der Waals surface area contributed by atoms with E-state index in [1.165, 1.54) is 12.7 Å². The highest BCUT2D eigenvalue weighted by atomic mass is 16.5. The highest BCUT2D eigenvalue weighted by molar-refractivity contribution is 5.80. The van der Waals surface area contributed by atoms with Crippen molar-refractivity contribution < 1.29 is 9.53 Å². The Kier molecular flexibility index (Phi) is 4.34. The van der Waals surface area contributed by atoms with Crippen molar-refractivity contribution in [3.63, 3.8) is 0 Å². The zero-order valence-electron chi connectivity index (χ0n) is 8.86. The van der Waals surface area contributed by atoms with Crippen LogP contribution in [0, 0.1) is 0 Å². The Balaban J connectivity index is 2.53. The van der Waals surface area contributed by atoms with Gasteiger partial charge in [-0.25, -0.2) is 10.2 Å². The number of nitrogens with zero attached hydrogens (tertiary/aromatic N) is 1. The number of amides is 1. The van der Waals surface area contributed by atoms with Crippen molar-refractivity contribution in [1.29, 1.82) is 0 Å². The number of aryl methyl sites for hydroxylation is 1. The number of benzene rings is 1. The van der Waals surface area contributed by atoms with Gasteiger partial charge in [0.25, 0.3) is 0 Å². The second-order valence-corrected chi connectivity index (χ2v) is 2.96. The number of carbonyl (C=O) groups is 1. The van der Waals surface area contributed by atoms with Crippen LogP contribution in [0.5, 0.6) is 0 Å². The molecule has 0 aliphatic heterocycles. The van der Waals surface area contributed by atoms with E-state index in [1.807, 2.05) is 24.3 Å². The Bertz CT molecular complexity index is 344. The molecule has 4 heteroatoms. The summed E-state index contributed by atoms with van der Waals surface area (Å²) < 4.78 is 4.36. The molecule has 1 aromatic rings. The first-order valence-electron chi connectivity index (χ1n) is 4.72. The van der Waals surface area contributed by atoms with E-state index in [0.29, 0.717) is 0 Å². The molecule has 0 saturated heterocycles. The van der Waals surface area contributed by atoms with Gasteiger partial charge in [0.15, 0.2) is 0 Å². The summed E-state index contributed by atoms with van der Waals surface area (Å²) in [6.07, 6.45) is 2.00. The van der Waals surface area contributed by atoms with Gasteiger partial charge in [-0.1, -0.05) is 31.2 Å². The van der Waals surface area contributed by atoms with Gasteiger partial charge in [-0.05, 0) is 17.5 Å². The van der Waals surface area contributed by atoms with Crippen LogP contribution in [0.15, 0.2) is 29.4 Å². The molecular weight excluding hydrogens is 192 g/mol. The summed E-state index contributed by atoms with van der Waals surface area (Å²) in [4.78, 5) is 10.7. The van der Waals surface area contributed by atoms with Crippen LogP contribution in [0.4, 0.5) is 4.79 Å². The van der Waals surface area contributed by atoms with Gasteiger partial charge in [-0.15, -0.1) is 0 Å². The van der Waals surface area contributed by atoms with Crippen LogP contribution in [0.25, 0.3) is 0 Å². The Labute approximate surface area is 88.9 Å². The summed E-state index contributed by atoms with van der Waals surface area (Å²) in [5.41, 5.74) is 4.42. The number of hydrogen-bond acceptors (Lipinski definition) is 3. The molecule has 15 heavy (non-hydrogen) atoms. The van der Waals surface area contributed by atoms with E-state index < -0.39 is 6.09 Å². The van der Waals surface area contributed by atoms with E-state index in [0.717, 1.165) is 12.0 Å². The minimum atomic E-state index is -0.573. The number of hydrazone groups is 1. The van der Waals surface area contributed by atoms with E-state index in [4.69, 9.17) is 0 Å². The summed E-state index contributed by atoms with van der Waals surface area (Å²) in [6.45, 7) is 2.10. The van der Waals surface area contributed by atoms with Crippen LogP contribution in [-0.4, -0.2) is 19.4 Å². The van der Waals surface area contributed by atoms with Gasteiger partial charge in [-0.2, -0.15) is 5.10 Å². The molecule has 0 saturated carbocycles. The zero-order chi connectivity index (χ0) is 11.1. The van der Waals surface area contributed by atoms with E-state index in [-0.39, 0.29) is 0 Å². The van der Waals surface area contributed by atoms with E-state index in [9.17, 15) is 4.79 Å². The van der Waals surface area contributed by atoms with Crippen LogP contribution in [0.1, 0.15) is 18.1 Å². The van der Waals surface area contributed by atoms with Crippen molar-refractivity contribution in [2.75, 3.05) is 7.11 Å². The lowest BCUT2D eigenvalue weighted by molar-refractivity contribution is 0.171. The Morgan fingerprint density at radius 1 is 1.47 bits per heavy atom. The standard InChI is InChI=1S/C11H14N2O2/c1-3-9-4-6-10(7-5-9)8-12-13-11(14)15-2/h4-8H,3H2,1-2H3,(H,13,14). The Hall–Kier alpha value is -1.84. The minimum absolute atomic E-state index is 0.573. The predicted octanol–water partition coefficient (Wildman–Crippen LogP) is 1.94. The third kappa shape index (κ3) is 3.81. The lowest BCUT2D eigenvalue weighted by atomic mass is 10.1. The molecule has 0 aliphatic carbocycles. The largest absolute Gasteiger partial charge is 0.452 e. The van der Waals surface area contributed by atoms with Crippen molar-refractivity contribution in [1.82, 2.24) is 5.43 Å². The molecule has 0 atom stereocenters. The Morgan fingerprint density at radius 2 is 2.13 bits per heavy atom. The molecule has 0 bridgehead atoms. The fraction of sp³-hybridized carbons (Fsp3) is 0.273. The maximum absolute atomic E-state index is 10.7. The number of carbonyl (C=O) groups excluding carboxylic acids is 1. The van der Waals surface area contributed by atoms with E-state index >= 15 is 0 Å². The van der Waals surface area contributed by atoms with Crippen molar-refractivity contribution >= 4 is 12.3 Å². The Morgan fingerprint density at radius 3 is 2.67 bits per heavy atom. The van der Waals surface area contributed by atoms with Gasteiger partial charge < -0.3 is 4.74 Å². The first kappa shape index (κ1) is 11.2. The second-order valence-electron chi connectivity index (χ2n) is 2.96. The number of hydrogen-bond donors (Lipinski definition) is 1. The normalized spacial score (nSPS) is 10.3. The van der Waals surface area contributed by atoms with Crippen LogP contribution in [0.3, 0.4) is 0 Å². The number of rotatable bonds is 3. The molecule has 0 heterocycles. The molecule has 0 aromatic heterocycles.